The van der Waals surface area contributed by atoms with Crippen molar-refractivity contribution in [3.8, 4) is 0 Å². The Bertz CT molecular complexity index is 751. The molecule has 136 valence electrons. The molecule has 2 amide bonds. The number of nitrogens with zero attached hydrogens (tertiary/aromatic N) is 2. The van der Waals surface area contributed by atoms with Crippen molar-refractivity contribution in [2.75, 3.05) is 14.2 Å². The van der Waals surface area contributed by atoms with Crippen LogP contribution in [0.3, 0.4) is 0 Å². The molecular weight excluding hydrogens is 332 g/mol. The highest BCUT2D eigenvalue weighted by Gasteiger charge is 2.53. The zero-order valence-electron chi connectivity index (χ0n) is 14.9. The van der Waals surface area contributed by atoms with Crippen LogP contribution in [0, 0.1) is 0 Å². The van der Waals surface area contributed by atoms with Crippen molar-refractivity contribution in [1.29, 1.82) is 0 Å². The quantitative estimate of drug-likeness (QED) is 0.564. The zero-order valence-corrected chi connectivity index (χ0v) is 14.9. The van der Waals surface area contributed by atoms with E-state index in [1.54, 1.807) is 0 Å². The van der Waals surface area contributed by atoms with Gasteiger partial charge >= 0.3 is 0 Å². The Labute approximate surface area is 152 Å². The molecule has 6 heteroatoms. The van der Waals surface area contributed by atoms with Crippen molar-refractivity contribution in [3.05, 3.63) is 71.8 Å². The summed E-state index contributed by atoms with van der Waals surface area (Å²) >= 11 is 0. The van der Waals surface area contributed by atoms with E-state index >= 15 is 0 Å². The summed E-state index contributed by atoms with van der Waals surface area (Å²) in [6.45, 7) is 0.635. The summed E-state index contributed by atoms with van der Waals surface area (Å²) in [5.41, 5.74) is 1.91. The highest BCUT2D eigenvalue weighted by molar-refractivity contribution is 6.00. The average Bonchev–Trinajstić information content (AvgIpc) is 2.69. The lowest BCUT2D eigenvalue weighted by atomic mass is 9.95. The normalized spacial score (nSPS) is 19.2. The molecule has 0 unspecified atom stereocenters. The van der Waals surface area contributed by atoms with Gasteiger partial charge < -0.3 is 9.64 Å². The predicted octanol–water partition coefficient (Wildman–Crippen LogP) is 2.00. The molecule has 3 rings (SSSR count). The third kappa shape index (κ3) is 3.76. The van der Waals surface area contributed by atoms with Crippen molar-refractivity contribution in [2.24, 2.45) is 0 Å². The van der Waals surface area contributed by atoms with E-state index in [2.05, 4.69) is 0 Å². The topological polar surface area (TPSA) is 59.1 Å². The molecule has 1 saturated heterocycles. The number of likely N-dealkylation sites (tertiary alicyclic amines) is 1. The summed E-state index contributed by atoms with van der Waals surface area (Å²) < 4.78 is 5.78. The van der Waals surface area contributed by atoms with Crippen LogP contribution in [0.1, 0.15) is 11.1 Å². The van der Waals surface area contributed by atoms with Gasteiger partial charge in [0.2, 0.25) is 0 Å². The van der Waals surface area contributed by atoms with Crippen LogP contribution >= 0.6 is 0 Å². The molecule has 0 saturated carbocycles. The second-order valence-corrected chi connectivity index (χ2v) is 6.13. The fourth-order valence-corrected chi connectivity index (χ4v) is 2.93. The summed E-state index contributed by atoms with van der Waals surface area (Å²) in [5.74, 6) is -0.492. The maximum Gasteiger partial charge on any atom is 0.271 e. The van der Waals surface area contributed by atoms with Crippen LogP contribution in [0.15, 0.2) is 60.7 Å². The molecule has 2 aromatic rings. The standard InChI is InChI=1S/C20H22N2O4/c1-21(25-2)19(23)17-18(26-14-16-11-7-4-8-12-16)20(24)22(17)13-15-9-5-3-6-10-15/h3-12,17-18H,13-14H2,1-2H3/t17-,18-/m1/s1. The Morgan fingerprint density at radius 2 is 1.62 bits per heavy atom. The van der Waals surface area contributed by atoms with E-state index in [1.165, 1.54) is 19.1 Å². The number of benzene rings is 2. The van der Waals surface area contributed by atoms with Gasteiger partial charge in [-0.3, -0.25) is 14.4 Å². The van der Waals surface area contributed by atoms with Crippen molar-refractivity contribution >= 4 is 11.8 Å². The summed E-state index contributed by atoms with van der Waals surface area (Å²) in [5, 5.41) is 1.13. The minimum absolute atomic E-state index is 0.187. The van der Waals surface area contributed by atoms with Crippen LogP contribution < -0.4 is 0 Å². The van der Waals surface area contributed by atoms with Crippen molar-refractivity contribution < 1.29 is 19.2 Å². The van der Waals surface area contributed by atoms with Gasteiger partial charge in [-0.25, -0.2) is 5.06 Å². The molecule has 0 N–H and O–H groups in total. The van der Waals surface area contributed by atoms with Crippen molar-refractivity contribution in [2.45, 2.75) is 25.3 Å². The van der Waals surface area contributed by atoms with E-state index in [4.69, 9.17) is 9.57 Å². The Morgan fingerprint density at radius 3 is 2.19 bits per heavy atom. The fourth-order valence-electron chi connectivity index (χ4n) is 2.93. The van der Waals surface area contributed by atoms with Crippen LogP contribution in [0.25, 0.3) is 0 Å². The number of β-lactam (4-membered cyclic amide) rings is 1. The molecule has 6 nitrogen and oxygen atoms in total. The Kier molecular flexibility index (Phi) is 5.65. The lowest BCUT2D eigenvalue weighted by Crippen LogP contribution is -2.70. The van der Waals surface area contributed by atoms with E-state index in [9.17, 15) is 9.59 Å². The molecule has 0 radical (unpaired) electrons. The van der Waals surface area contributed by atoms with E-state index in [1.807, 2.05) is 60.7 Å². The van der Waals surface area contributed by atoms with Crippen molar-refractivity contribution in [3.63, 3.8) is 0 Å². The number of ether oxygens (including phenoxy) is 1. The molecule has 1 heterocycles. The lowest BCUT2D eigenvalue weighted by molar-refractivity contribution is -0.201. The van der Waals surface area contributed by atoms with Crippen LogP contribution in [0.5, 0.6) is 0 Å². The second kappa shape index (κ2) is 8.12. The van der Waals surface area contributed by atoms with Gasteiger partial charge in [0, 0.05) is 13.6 Å². The molecule has 2 atom stereocenters. The summed E-state index contributed by atoms with van der Waals surface area (Å²) in [6, 6.07) is 18.4. The molecule has 26 heavy (non-hydrogen) atoms. The summed E-state index contributed by atoms with van der Waals surface area (Å²) in [6.07, 6.45) is -0.802. The highest BCUT2D eigenvalue weighted by atomic mass is 16.7. The third-order valence-corrected chi connectivity index (χ3v) is 4.45. The summed E-state index contributed by atoms with van der Waals surface area (Å²) in [4.78, 5) is 31.8. The first-order valence-corrected chi connectivity index (χ1v) is 8.43. The Balaban J connectivity index is 1.73. The number of carbonyl (C=O) groups is 2. The van der Waals surface area contributed by atoms with E-state index in [-0.39, 0.29) is 18.4 Å². The largest absolute Gasteiger partial charge is 0.361 e. The van der Waals surface area contributed by atoms with Gasteiger partial charge in [-0.05, 0) is 11.1 Å². The molecular formula is C20H22N2O4. The van der Waals surface area contributed by atoms with Gasteiger partial charge in [0.25, 0.3) is 11.8 Å². The average molecular weight is 354 g/mol. The smallest absolute Gasteiger partial charge is 0.271 e. The first-order valence-electron chi connectivity index (χ1n) is 8.43. The molecule has 2 aromatic carbocycles. The maximum absolute atomic E-state index is 12.7. The van der Waals surface area contributed by atoms with Crippen LogP contribution in [-0.2, 0) is 32.3 Å². The number of amides is 2. The van der Waals surface area contributed by atoms with Crippen LogP contribution in [0.2, 0.25) is 0 Å². The molecule has 0 spiro atoms. The van der Waals surface area contributed by atoms with Gasteiger partial charge in [-0.2, -0.15) is 0 Å². The zero-order chi connectivity index (χ0) is 18.5. The van der Waals surface area contributed by atoms with E-state index in [0.717, 1.165) is 16.2 Å². The third-order valence-electron chi connectivity index (χ3n) is 4.45. The SMILES string of the molecule is CON(C)C(=O)[C@H]1[C@@H](OCc2ccccc2)C(=O)N1Cc1ccccc1. The van der Waals surface area contributed by atoms with Gasteiger partial charge in [0.05, 0.1) is 13.7 Å². The van der Waals surface area contributed by atoms with Crippen molar-refractivity contribution in [1.82, 2.24) is 9.96 Å². The molecule has 0 aromatic heterocycles. The van der Waals surface area contributed by atoms with Gasteiger partial charge in [-0.15, -0.1) is 0 Å². The highest BCUT2D eigenvalue weighted by Crippen LogP contribution is 2.28. The predicted molar refractivity (Wildman–Crippen MR) is 95.6 cm³/mol. The minimum atomic E-state index is -0.802. The fraction of sp³-hybridized carbons (Fsp3) is 0.300. The molecule has 1 aliphatic heterocycles. The second-order valence-electron chi connectivity index (χ2n) is 6.13. The monoisotopic (exact) mass is 354 g/mol. The molecule has 1 fully saturated rings. The number of likely N-dealkylation sites (N-methyl/N-ethyl adjacent to an activating group) is 1. The Morgan fingerprint density at radius 1 is 1.04 bits per heavy atom. The Hall–Kier alpha value is -2.70. The number of carbonyl (C=O) groups excluding carboxylic acids is 2. The van der Waals surface area contributed by atoms with Gasteiger partial charge in [-0.1, -0.05) is 60.7 Å². The molecule has 1 aliphatic rings. The molecule has 0 aliphatic carbocycles. The number of hydrogen-bond acceptors (Lipinski definition) is 4. The van der Waals surface area contributed by atoms with E-state index < -0.39 is 12.1 Å². The van der Waals surface area contributed by atoms with Crippen LogP contribution in [-0.4, -0.2) is 48.1 Å². The lowest BCUT2D eigenvalue weighted by Gasteiger charge is -2.46. The van der Waals surface area contributed by atoms with Gasteiger partial charge in [0.15, 0.2) is 6.10 Å². The minimum Gasteiger partial charge on any atom is -0.361 e. The van der Waals surface area contributed by atoms with Gasteiger partial charge in [0.1, 0.15) is 6.04 Å². The van der Waals surface area contributed by atoms with Crippen LogP contribution in [0.4, 0.5) is 0 Å². The van der Waals surface area contributed by atoms with E-state index in [0.29, 0.717) is 6.54 Å². The maximum atomic E-state index is 12.7. The number of hydrogen-bond donors (Lipinski definition) is 0. The summed E-state index contributed by atoms with van der Waals surface area (Å²) in [7, 11) is 2.94. The number of rotatable bonds is 7. The first kappa shape index (κ1) is 18.1. The molecule has 0 bridgehead atoms. The first-order chi connectivity index (χ1) is 12.6. The number of hydroxylamine groups is 2.